The van der Waals surface area contributed by atoms with Crippen molar-refractivity contribution in [3.63, 3.8) is 0 Å². The van der Waals surface area contributed by atoms with Crippen LogP contribution in [0.15, 0.2) is 48.7 Å². The Kier molecular flexibility index (Phi) is 2.87. The lowest BCUT2D eigenvalue weighted by Crippen LogP contribution is -2.04. The molecular formula is C17H13N5. The Morgan fingerprint density at radius 2 is 2.00 bits per heavy atom. The zero-order valence-corrected chi connectivity index (χ0v) is 11.8. The van der Waals surface area contributed by atoms with E-state index >= 15 is 0 Å². The average molecular weight is 287 g/mol. The van der Waals surface area contributed by atoms with Crippen LogP contribution in [0.4, 0.5) is 5.82 Å². The molecular weight excluding hydrogens is 274 g/mol. The summed E-state index contributed by atoms with van der Waals surface area (Å²) in [6, 6.07) is 15.4. The van der Waals surface area contributed by atoms with Gasteiger partial charge in [-0.1, -0.05) is 6.07 Å². The van der Waals surface area contributed by atoms with E-state index in [1.165, 1.54) is 5.56 Å². The van der Waals surface area contributed by atoms with Crippen LogP contribution in [0.2, 0.25) is 0 Å². The molecule has 0 atom stereocenters. The van der Waals surface area contributed by atoms with Crippen LogP contribution >= 0.6 is 0 Å². The fraction of sp³-hybridized carbons (Fsp3) is 0.118. The normalized spacial score (nSPS) is 12.5. The van der Waals surface area contributed by atoms with Crippen molar-refractivity contribution in [1.29, 1.82) is 5.26 Å². The molecule has 1 aliphatic heterocycles. The Morgan fingerprint density at radius 3 is 2.73 bits per heavy atom. The molecule has 1 aliphatic rings. The Labute approximate surface area is 127 Å². The zero-order chi connectivity index (χ0) is 14.9. The summed E-state index contributed by atoms with van der Waals surface area (Å²) in [5.74, 6) is 1.02. The smallest absolute Gasteiger partial charge is 0.133 e. The van der Waals surface area contributed by atoms with Crippen LogP contribution in [-0.2, 0) is 6.42 Å². The summed E-state index contributed by atoms with van der Waals surface area (Å²) in [4.78, 5) is 4.41. The quantitative estimate of drug-likeness (QED) is 0.787. The molecule has 4 rings (SSSR count). The van der Waals surface area contributed by atoms with Crippen molar-refractivity contribution in [3.8, 4) is 23.1 Å². The number of pyridine rings is 1. The van der Waals surface area contributed by atoms with Gasteiger partial charge >= 0.3 is 0 Å². The van der Waals surface area contributed by atoms with Crippen LogP contribution in [0.1, 0.15) is 11.1 Å². The van der Waals surface area contributed by atoms with E-state index in [1.54, 1.807) is 18.3 Å². The van der Waals surface area contributed by atoms with E-state index in [9.17, 15) is 0 Å². The lowest BCUT2D eigenvalue weighted by molar-refractivity contribution is 0.880. The number of nitriles is 1. The number of aromatic nitrogens is 3. The zero-order valence-electron chi connectivity index (χ0n) is 11.8. The number of hydrogen-bond donors (Lipinski definition) is 1. The highest BCUT2D eigenvalue weighted by molar-refractivity contribution is 5.70. The second-order valence-corrected chi connectivity index (χ2v) is 5.14. The minimum Gasteiger partial charge on any atom is -0.369 e. The maximum absolute atomic E-state index is 8.91. The Hall–Kier alpha value is -3.13. The number of fused-ring (bicyclic) bond motifs is 1. The number of benzene rings is 1. The molecule has 0 amide bonds. The Morgan fingerprint density at radius 1 is 1.14 bits per heavy atom. The number of nitrogens with zero attached hydrogens (tertiary/aromatic N) is 4. The molecule has 1 aromatic carbocycles. The molecule has 0 saturated heterocycles. The van der Waals surface area contributed by atoms with Crippen LogP contribution in [0.5, 0.6) is 0 Å². The van der Waals surface area contributed by atoms with Gasteiger partial charge in [0.1, 0.15) is 11.5 Å². The largest absolute Gasteiger partial charge is 0.369 e. The number of anilines is 1. The fourth-order valence-electron chi connectivity index (χ4n) is 2.75. The molecule has 0 aliphatic carbocycles. The van der Waals surface area contributed by atoms with Crippen molar-refractivity contribution in [2.75, 3.05) is 11.9 Å². The highest BCUT2D eigenvalue weighted by Crippen LogP contribution is 2.33. The van der Waals surface area contributed by atoms with Crippen LogP contribution in [0.25, 0.3) is 17.1 Å². The van der Waals surface area contributed by atoms with Crippen LogP contribution < -0.4 is 5.32 Å². The Balaban J connectivity index is 1.86. The first kappa shape index (κ1) is 12.6. The van der Waals surface area contributed by atoms with Gasteiger partial charge in [-0.15, -0.1) is 0 Å². The molecule has 0 unspecified atom stereocenters. The molecule has 0 radical (unpaired) electrons. The van der Waals surface area contributed by atoms with Crippen molar-refractivity contribution < 1.29 is 0 Å². The van der Waals surface area contributed by atoms with Gasteiger partial charge in [0.2, 0.25) is 0 Å². The lowest BCUT2D eigenvalue weighted by atomic mass is 10.1. The lowest BCUT2D eigenvalue weighted by Gasteiger charge is -2.06. The summed E-state index contributed by atoms with van der Waals surface area (Å²) in [6.45, 7) is 0.906. The van der Waals surface area contributed by atoms with Gasteiger partial charge in [0.25, 0.3) is 0 Å². The van der Waals surface area contributed by atoms with E-state index in [2.05, 4.69) is 16.4 Å². The number of rotatable bonds is 2. The first-order chi connectivity index (χ1) is 10.9. The van der Waals surface area contributed by atoms with Crippen molar-refractivity contribution in [2.24, 2.45) is 0 Å². The Bertz CT molecular complexity index is 857. The van der Waals surface area contributed by atoms with E-state index in [1.807, 2.05) is 35.0 Å². The highest BCUT2D eigenvalue weighted by Gasteiger charge is 2.24. The summed E-state index contributed by atoms with van der Waals surface area (Å²) in [6.07, 6.45) is 2.72. The monoisotopic (exact) mass is 287 g/mol. The number of nitrogens with one attached hydrogen (secondary N) is 1. The molecule has 1 N–H and O–H groups in total. The molecule has 3 heterocycles. The molecule has 0 saturated carbocycles. The van der Waals surface area contributed by atoms with Gasteiger partial charge in [-0.05, 0) is 42.8 Å². The molecule has 106 valence electrons. The molecule has 5 nitrogen and oxygen atoms in total. The fourth-order valence-corrected chi connectivity index (χ4v) is 2.75. The second-order valence-electron chi connectivity index (χ2n) is 5.14. The minimum atomic E-state index is 0.644. The molecule has 0 bridgehead atoms. The average Bonchev–Trinajstić information content (AvgIpc) is 3.18. The summed E-state index contributed by atoms with van der Waals surface area (Å²) >= 11 is 0. The highest BCUT2D eigenvalue weighted by atomic mass is 15.3. The minimum absolute atomic E-state index is 0.644. The predicted octanol–water partition coefficient (Wildman–Crippen LogP) is 2.77. The van der Waals surface area contributed by atoms with Gasteiger partial charge in [-0.3, -0.25) is 4.98 Å². The molecule has 3 aromatic rings. The van der Waals surface area contributed by atoms with Gasteiger partial charge in [-0.25, -0.2) is 4.68 Å². The molecule has 0 spiro atoms. The standard InChI is InChI=1S/C17H13N5/c18-11-12-4-6-13(7-5-12)22-17-14(8-10-20-17)16(21-22)15-3-1-2-9-19-15/h1-7,9,20H,8,10H2. The van der Waals surface area contributed by atoms with Crippen LogP contribution in [-0.4, -0.2) is 21.3 Å². The van der Waals surface area contributed by atoms with Crippen molar-refractivity contribution in [2.45, 2.75) is 6.42 Å². The van der Waals surface area contributed by atoms with Crippen LogP contribution in [0, 0.1) is 11.3 Å². The molecule has 0 fully saturated rings. The van der Waals surface area contributed by atoms with E-state index in [-0.39, 0.29) is 0 Å². The predicted molar refractivity (Wildman–Crippen MR) is 83.7 cm³/mol. The van der Waals surface area contributed by atoms with Crippen molar-refractivity contribution >= 4 is 5.82 Å². The number of hydrogen-bond acceptors (Lipinski definition) is 4. The second kappa shape index (κ2) is 5.01. The van der Waals surface area contributed by atoms with E-state index in [0.717, 1.165) is 35.9 Å². The first-order valence-corrected chi connectivity index (χ1v) is 7.14. The third-order valence-corrected chi connectivity index (χ3v) is 3.80. The van der Waals surface area contributed by atoms with Gasteiger partial charge in [0.15, 0.2) is 0 Å². The maximum atomic E-state index is 8.91. The van der Waals surface area contributed by atoms with Gasteiger partial charge in [0.05, 0.1) is 23.0 Å². The third-order valence-electron chi connectivity index (χ3n) is 3.80. The van der Waals surface area contributed by atoms with Gasteiger partial charge in [0, 0.05) is 18.3 Å². The molecule has 2 aromatic heterocycles. The van der Waals surface area contributed by atoms with Gasteiger partial charge < -0.3 is 5.32 Å². The van der Waals surface area contributed by atoms with Crippen molar-refractivity contribution in [3.05, 3.63) is 59.8 Å². The summed E-state index contributed by atoms with van der Waals surface area (Å²) in [7, 11) is 0. The molecule has 22 heavy (non-hydrogen) atoms. The summed E-state index contributed by atoms with van der Waals surface area (Å²) in [5.41, 5.74) is 4.58. The van der Waals surface area contributed by atoms with E-state index in [4.69, 9.17) is 10.4 Å². The summed E-state index contributed by atoms with van der Waals surface area (Å²) < 4.78 is 1.90. The van der Waals surface area contributed by atoms with Gasteiger partial charge in [-0.2, -0.15) is 10.4 Å². The van der Waals surface area contributed by atoms with E-state index in [0.29, 0.717) is 5.56 Å². The third kappa shape index (κ3) is 1.93. The SMILES string of the molecule is N#Cc1ccc(-n2nc(-c3ccccn3)c3c2NCC3)cc1. The van der Waals surface area contributed by atoms with Crippen molar-refractivity contribution in [1.82, 2.24) is 14.8 Å². The van der Waals surface area contributed by atoms with E-state index < -0.39 is 0 Å². The van der Waals surface area contributed by atoms with Crippen LogP contribution in [0.3, 0.4) is 0 Å². The topological polar surface area (TPSA) is 66.5 Å². The molecule has 5 heteroatoms. The maximum Gasteiger partial charge on any atom is 0.133 e. The first-order valence-electron chi connectivity index (χ1n) is 7.14. The summed E-state index contributed by atoms with van der Waals surface area (Å²) in [5, 5.41) is 17.0.